The lowest BCUT2D eigenvalue weighted by Gasteiger charge is -2.26. The van der Waals surface area contributed by atoms with E-state index in [4.69, 9.17) is 0 Å². The molecule has 0 bridgehead atoms. The van der Waals surface area contributed by atoms with Crippen LogP contribution in [-0.2, 0) is 0 Å². The van der Waals surface area contributed by atoms with Crippen molar-refractivity contribution < 1.29 is 0 Å². The van der Waals surface area contributed by atoms with Crippen LogP contribution in [0.15, 0.2) is 30.3 Å². The summed E-state index contributed by atoms with van der Waals surface area (Å²) in [4.78, 5) is 0. The van der Waals surface area contributed by atoms with Gasteiger partial charge in [0.15, 0.2) is 0 Å². The average Bonchev–Trinajstić information content (AvgIpc) is 2.23. The van der Waals surface area contributed by atoms with Crippen LogP contribution in [0.4, 0.5) is 0 Å². The van der Waals surface area contributed by atoms with E-state index in [-0.39, 0.29) is 0 Å². The van der Waals surface area contributed by atoms with Gasteiger partial charge < -0.3 is 5.32 Å². The normalized spacial score (nSPS) is 18.5. The molecule has 1 nitrogen and oxygen atoms in total. The van der Waals surface area contributed by atoms with Gasteiger partial charge in [-0.15, -0.1) is 0 Å². The summed E-state index contributed by atoms with van der Waals surface area (Å²) < 4.78 is 0. The average molecular weight is 203 g/mol. The fourth-order valence-electron chi connectivity index (χ4n) is 2.10. The summed E-state index contributed by atoms with van der Waals surface area (Å²) >= 11 is 0. The van der Waals surface area contributed by atoms with Gasteiger partial charge >= 0.3 is 0 Å². The van der Waals surface area contributed by atoms with Crippen molar-refractivity contribution in [3.05, 3.63) is 35.9 Å². The van der Waals surface area contributed by atoms with Crippen LogP contribution in [0.1, 0.15) is 37.7 Å². The van der Waals surface area contributed by atoms with Crippen LogP contribution in [0.5, 0.6) is 0 Å². The highest BCUT2D eigenvalue weighted by atomic mass is 14.9. The Bertz CT molecular complexity index is 277. The van der Waals surface area contributed by atoms with Gasteiger partial charge in [-0.1, -0.05) is 43.7 Å². The lowest BCUT2D eigenvalue weighted by atomic mass is 9.85. The first kappa shape index (κ1) is 10.7. The van der Waals surface area contributed by atoms with E-state index in [1.54, 1.807) is 0 Å². The molecule has 1 heteroatoms. The highest BCUT2D eigenvalue weighted by molar-refractivity contribution is 5.18. The third-order valence-corrected chi connectivity index (χ3v) is 3.48. The van der Waals surface area contributed by atoms with Gasteiger partial charge in [0.2, 0.25) is 0 Å². The van der Waals surface area contributed by atoms with Gasteiger partial charge in [-0.3, -0.25) is 0 Å². The fraction of sp³-hybridized carbons (Fsp3) is 0.571. The maximum absolute atomic E-state index is 3.59. The van der Waals surface area contributed by atoms with Crippen molar-refractivity contribution in [1.29, 1.82) is 0 Å². The van der Waals surface area contributed by atoms with E-state index in [1.807, 2.05) is 0 Å². The van der Waals surface area contributed by atoms with Gasteiger partial charge in [-0.25, -0.2) is 0 Å². The Morgan fingerprint density at radius 1 is 1.27 bits per heavy atom. The molecule has 1 aliphatic rings. The van der Waals surface area contributed by atoms with E-state index in [0.29, 0.717) is 5.92 Å². The second kappa shape index (κ2) is 5.32. The van der Waals surface area contributed by atoms with Crippen LogP contribution in [0, 0.1) is 5.92 Å². The summed E-state index contributed by atoms with van der Waals surface area (Å²) in [6.07, 6.45) is 4.32. The van der Waals surface area contributed by atoms with Crippen molar-refractivity contribution in [2.24, 2.45) is 5.92 Å². The standard InChI is InChI=1S/C14H21N/c1-12(14-8-3-2-4-9-14)10-15-11-13-6-5-7-13/h2-4,8-9,12-13,15H,5-7,10-11H2,1H3. The van der Waals surface area contributed by atoms with Crippen molar-refractivity contribution >= 4 is 0 Å². The minimum Gasteiger partial charge on any atom is -0.316 e. The predicted octanol–water partition coefficient (Wildman–Crippen LogP) is 3.18. The fourth-order valence-corrected chi connectivity index (χ4v) is 2.10. The van der Waals surface area contributed by atoms with E-state index in [0.717, 1.165) is 12.5 Å². The second-order valence-electron chi connectivity index (χ2n) is 4.77. The summed E-state index contributed by atoms with van der Waals surface area (Å²) in [6.45, 7) is 4.63. The van der Waals surface area contributed by atoms with E-state index < -0.39 is 0 Å². The highest BCUT2D eigenvalue weighted by Gasteiger charge is 2.16. The van der Waals surface area contributed by atoms with Crippen molar-refractivity contribution in [1.82, 2.24) is 5.32 Å². The Hall–Kier alpha value is -0.820. The lowest BCUT2D eigenvalue weighted by Crippen LogP contribution is -2.29. The molecule has 0 radical (unpaired) electrons. The highest BCUT2D eigenvalue weighted by Crippen LogP contribution is 2.25. The molecule has 0 aliphatic heterocycles. The number of rotatable bonds is 5. The van der Waals surface area contributed by atoms with Crippen LogP contribution in [-0.4, -0.2) is 13.1 Å². The van der Waals surface area contributed by atoms with Gasteiger partial charge in [0.25, 0.3) is 0 Å². The zero-order valence-electron chi connectivity index (χ0n) is 9.58. The number of hydrogen-bond acceptors (Lipinski definition) is 1. The molecule has 0 saturated heterocycles. The SMILES string of the molecule is CC(CNCC1CCC1)c1ccccc1. The minimum atomic E-state index is 0.631. The largest absolute Gasteiger partial charge is 0.316 e. The molecule has 0 aromatic heterocycles. The predicted molar refractivity (Wildman–Crippen MR) is 65.1 cm³/mol. The topological polar surface area (TPSA) is 12.0 Å². The maximum Gasteiger partial charge on any atom is 0.00176 e. The Labute approximate surface area is 92.9 Å². The van der Waals surface area contributed by atoms with Crippen molar-refractivity contribution in [3.63, 3.8) is 0 Å². The van der Waals surface area contributed by atoms with Crippen LogP contribution in [0.25, 0.3) is 0 Å². The first-order valence-corrected chi connectivity index (χ1v) is 6.12. The molecule has 1 aliphatic carbocycles. The number of benzene rings is 1. The molecule has 1 N–H and O–H groups in total. The zero-order chi connectivity index (χ0) is 10.5. The van der Waals surface area contributed by atoms with Gasteiger partial charge in [-0.05, 0) is 36.8 Å². The molecule has 0 heterocycles. The first-order valence-electron chi connectivity index (χ1n) is 6.12. The van der Waals surface area contributed by atoms with Gasteiger partial charge in [0, 0.05) is 6.54 Å². The lowest BCUT2D eigenvalue weighted by molar-refractivity contribution is 0.300. The van der Waals surface area contributed by atoms with Gasteiger partial charge in [0.1, 0.15) is 0 Å². The van der Waals surface area contributed by atoms with E-state index in [1.165, 1.54) is 31.4 Å². The third-order valence-electron chi connectivity index (χ3n) is 3.48. The monoisotopic (exact) mass is 203 g/mol. The molecule has 2 rings (SSSR count). The van der Waals surface area contributed by atoms with Gasteiger partial charge in [-0.2, -0.15) is 0 Å². The van der Waals surface area contributed by atoms with Crippen LogP contribution in [0.2, 0.25) is 0 Å². The van der Waals surface area contributed by atoms with E-state index in [9.17, 15) is 0 Å². The molecule has 1 atom stereocenters. The summed E-state index contributed by atoms with van der Waals surface area (Å²) in [5, 5.41) is 3.59. The molecule has 82 valence electrons. The molecule has 1 unspecified atom stereocenters. The second-order valence-corrected chi connectivity index (χ2v) is 4.77. The Kier molecular flexibility index (Phi) is 3.79. The van der Waals surface area contributed by atoms with Crippen molar-refractivity contribution in [3.8, 4) is 0 Å². The molecule has 1 aromatic rings. The molecule has 15 heavy (non-hydrogen) atoms. The van der Waals surface area contributed by atoms with Crippen molar-refractivity contribution in [2.75, 3.05) is 13.1 Å². The van der Waals surface area contributed by atoms with Crippen molar-refractivity contribution in [2.45, 2.75) is 32.1 Å². The summed E-state index contributed by atoms with van der Waals surface area (Å²) in [5.74, 6) is 1.60. The minimum absolute atomic E-state index is 0.631. The molecule has 1 aromatic carbocycles. The first-order chi connectivity index (χ1) is 7.36. The van der Waals surface area contributed by atoms with Gasteiger partial charge in [0.05, 0.1) is 0 Å². The molecule has 0 amide bonds. The number of nitrogens with one attached hydrogen (secondary N) is 1. The van der Waals surface area contributed by atoms with E-state index >= 15 is 0 Å². The third kappa shape index (κ3) is 3.07. The molecular weight excluding hydrogens is 182 g/mol. The summed E-state index contributed by atoms with van der Waals surface area (Å²) in [7, 11) is 0. The van der Waals surface area contributed by atoms with Crippen LogP contribution < -0.4 is 5.32 Å². The zero-order valence-corrected chi connectivity index (χ0v) is 9.58. The van der Waals surface area contributed by atoms with Crippen LogP contribution >= 0.6 is 0 Å². The number of hydrogen-bond donors (Lipinski definition) is 1. The van der Waals surface area contributed by atoms with E-state index in [2.05, 4.69) is 42.6 Å². The maximum atomic E-state index is 3.59. The quantitative estimate of drug-likeness (QED) is 0.775. The molecule has 1 fully saturated rings. The van der Waals surface area contributed by atoms with Crippen LogP contribution in [0.3, 0.4) is 0 Å². The summed E-state index contributed by atoms with van der Waals surface area (Å²) in [6, 6.07) is 10.8. The Morgan fingerprint density at radius 2 is 2.00 bits per heavy atom. The summed E-state index contributed by atoms with van der Waals surface area (Å²) in [5.41, 5.74) is 1.44. The Balaban J connectivity index is 1.70. The molecule has 1 saturated carbocycles. The Morgan fingerprint density at radius 3 is 2.60 bits per heavy atom. The smallest absolute Gasteiger partial charge is 0.00176 e. The molecular formula is C14H21N. The molecule has 0 spiro atoms.